The van der Waals surface area contributed by atoms with Gasteiger partial charge in [0.2, 0.25) is 0 Å². The molecule has 0 radical (unpaired) electrons. The van der Waals surface area contributed by atoms with E-state index in [0.717, 1.165) is 31.2 Å². The quantitative estimate of drug-likeness (QED) is 0.535. The average Bonchev–Trinajstić information content (AvgIpc) is 2.48. The summed E-state index contributed by atoms with van der Waals surface area (Å²) in [5.41, 5.74) is 2.04. The molecule has 1 atom stereocenters. The van der Waals surface area contributed by atoms with E-state index in [9.17, 15) is 8.78 Å². The fraction of sp³-hybridized carbons (Fsp3) is 0.429. The van der Waals surface area contributed by atoms with Gasteiger partial charge in [-0.2, -0.15) is 0 Å². The van der Waals surface area contributed by atoms with E-state index >= 15 is 0 Å². The second-order valence-corrected chi connectivity index (χ2v) is 5.07. The summed E-state index contributed by atoms with van der Waals surface area (Å²) in [7, 11) is 0. The Bertz CT molecular complexity index is 426. The molecule has 0 amide bonds. The Morgan fingerprint density at radius 2 is 2.00 bits per heavy atom. The lowest BCUT2D eigenvalue weighted by Gasteiger charge is -2.06. The summed E-state index contributed by atoms with van der Waals surface area (Å²) in [4.78, 5) is 0. The molecular formula is C14H15ClF2. The Balaban J connectivity index is 2.11. The van der Waals surface area contributed by atoms with Gasteiger partial charge in [-0.25, -0.2) is 8.78 Å². The summed E-state index contributed by atoms with van der Waals surface area (Å²) in [5.74, 6) is -1.57. The van der Waals surface area contributed by atoms with Crippen LogP contribution in [0.1, 0.15) is 31.2 Å². The zero-order valence-corrected chi connectivity index (χ0v) is 10.3. The number of hydrogen-bond acceptors (Lipinski definition) is 0. The highest BCUT2D eigenvalue weighted by molar-refractivity contribution is 6.21. The van der Waals surface area contributed by atoms with Crippen LogP contribution in [0.15, 0.2) is 29.8 Å². The van der Waals surface area contributed by atoms with E-state index in [1.807, 2.05) is 0 Å². The lowest BCUT2D eigenvalue weighted by atomic mass is 10.0. The molecule has 1 aliphatic rings. The smallest absolute Gasteiger partial charge is 0.159 e. The summed E-state index contributed by atoms with van der Waals surface area (Å²) in [6.45, 7) is 0. The molecule has 0 fully saturated rings. The van der Waals surface area contributed by atoms with Crippen molar-refractivity contribution in [2.24, 2.45) is 0 Å². The van der Waals surface area contributed by atoms with Crippen LogP contribution in [0, 0.1) is 11.6 Å². The van der Waals surface area contributed by atoms with Gasteiger partial charge in [0, 0.05) is 0 Å². The predicted molar refractivity (Wildman–Crippen MR) is 66.3 cm³/mol. The first-order valence-corrected chi connectivity index (χ1v) is 6.36. The van der Waals surface area contributed by atoms with Crippen molar-refractivity contribution in [1.82, 2.24) is 0 Å². The van der Waals surface area contributed by atoms with Crippen LogP contribution in [0.5, 0.6) is 0 Å². The van der Waals surface area contributed by atoms with E-state index in [2.05, 4.69) is 6.08 Å². The van der Waals surface area contributed by atoms with Crippen molar-refractivity contribution < 1.29 is 8.78 Å². The average molecular weight is 257 g/mol. The summed E-state index contributed by atoms with van der Waals surface area (Å²) >= 11 is 6.13. The Labute approximate surface area is 105 Å². The SMILES string of the molecule is Fc1ccc(CC2=CC(Cl)CCCC2)cc1F. The molecule has 1 aromatic rings. The molecule has 0 bridgehead atoms. The molecule has 0 N–H and O–H groups in total. The maximum atomic E-state index is 13.1. The maximum Gasteiger partial charge on any atom is 0.159 e. The minimum absolute atomic E-state index is 0.0813. The Morgan fingerprint density at radius 3 is 2.76 bits per heavy atom. The standard InChI is InChI=1S/C14H15ClF2/c15-12-4-2-1-3-10(8-12)7-11-5-6-13(16)14(17)9-11/h5-6,8-9,12H,1-4,7H2. The highest BCUT2D eigenvalue weighted by Crippen LogP contribution is 2.24. The molecular weight excluding hydrogens is 242 g/mol. The van der Waals surface area contributed by atoms with Crippen molar-refractivity contribution in [3.05, 3.63) is 47.0 Å². The van der Waals surface area contributed by atoms with Crippen LogP contribution in [0.25, 0.3) is 0 Å². The topological polar surface area (TPSA) is 0 Å². The van der Waals surface area contributed by atoms with E-state index in [0.29, 0.717) is 6.42 Å². The van der Waals surface area contributed by atoms with Gasteiger partial charge >= 0.3 is 0 Å². The number of rotatable bonds is 2. The second kappa shape index (κ2) is 5.63. The van der Waals surface area contributed by atoms with Gasteiger partial charge in [0.1, 0.15) is 0 Å². The zero-order chi connectivity index (χ0) is 12.3. The van der Waals surface area contributed by atoms with Crippen molar-refractivity contribution in [1.29, 1.82) is 0 Å². The second-order valence-electron chi connectivity index (χ2n) is 4.51. The molecule has 0 spiro atoms. The third kappa shape index (κ3) is 3.53. The van der Waals surface area contributed by atoms with Crippen molar-refractivity contribution >= 4 is 11.6 Å². The molecule has 17 heavy (non-hydrogen) atoms. The molecule has 0 saturated carbocycles. The molecule has 3 heteroatoms. The first kappa shape index (κ1) is 12.6. The van der Waals surface area contributed by atoms with Gasteiger partial charge < -0.3 is 0 Å². The third-order valence-electron chi connectivity index (χ3n) is 3.06. The highest BCUT2D eigenvalue weighted by atomic mass is 35.5. The van der Waals surface area contributed by atoms with E-state index in [-0.39, 0.29) is 5.38 Å². The Kier molecular flexibility index (Phi) is 4.16. The van der Waals surface area contributed by atoms with Gasteiger partial charge in [-0.15, -0.1) is 11.6 Å². The van der Waals surface area contributed by atoms with Gasteiger partial charge in [0.05, 0.1) is 5.38 Å². The number of halogens is 3. The minimum atomic E-state index is -0.793. The molecule has 0 aliphatic heterocycles. The first-order valence-electron chi connectivity index (χ1n) is 5.93. The van der Waals surface area contributed by atoms with Gasteiger partial charge in [0.15, 0.2) is 11.6 Å². The lowest BCUT2D eigenvalue weighted by Crippen LogP contribution is -1.96. The normalized spacial score (nSPS) is 20.9. The van der Waals surface area contributed by atoms with Crippen LogP contribution in [0.2, 0.25) is 0 Å². The van der Waals surface area contributed by atoms with Crippen molar-refractivity contribution in [2.75, 3.05) is 0 Å². The number of benzene rings is 1. The number of allylic oxidation sites excluding steroid dienone is 2. The molecule has 0 aromatic heterocycles. The van der Waals surface area contributed by atoms with Crippen molar-refractivity contribution in [3.8, 4) is 0 Å². The Morgan fingerprint density at radius 1 is 1.18 bits per heavy atom. The molecule has 0 saturated heterocycles. The Hall–Kier alpha value is -0.890. The summed E-state index contributed by atoms with van der Waals surface area (Å²) < 4.78 is 25.9. The third-order valence-corrected chi connectivity index (χ3v) is 3.40. The van der Waals surface area contributed by atoms with Gasteiger partial charge in [-0.05, 0) is 43.4 Å². The molecule has 92 valence electrons. The fourth-order valence-electron chi connectivity index (χ4n) is 2.17. The molecule has 1 aromatic carbocycles. The van der Waals surface area contributed by atoms with Crippen LogP contribution in [0.3, 0.4) is 0 Å². The van der Waals surface area contributed by atoms with Gasteiger partial charge in [0.25, 0.3) is 0 Å². The summed E-state index contributed by atoms with van der Waals surface area (Å²) in [5, 5.41) is 0.0813. The van der Waals surface area contributed by atoms with Gasteiger partial charge in [-0.3, -0.25) is 0 Å². The van der Waals surface area contributed by atoms with Crippen LogP contribution < -0.4 is 0 Å². The number of alkyl halides is 1. The first-order chi connectivity index (χ1) is 8.15. The number of hydrogen-bond donors (Lipinski definition) is 0. The van der Waals surface area contributed by atoms with E-state index in [4.69, 9.17) is 11.6 Å². The highest BCUT2D eigenvalue weighted by Gasteiger charge is 2.11. The maximum absolute atomic E-state index is 13.1. The molecule has 1 aliphatic carbocycles. The summed E-state index contributed by atoms with van der Waals surface area (Å²) in [6.07, 6.45) is 6.99. The monoisotopic (exact) mass is 256 g/mol. The van der Waals surface area contributed by atoms with Crippen LogP contribution in [0.4, 0.5) is 8.78 Å². The predicted octanol–water partition coefficient (Wildman–Crippen LogP) is 4.62. The van der Waals surface area contributed by atoms with E-state index in [1.54, 1.807) is 6.07 Å². The van der Waals surface area contributed by atoms with Crippen molar-refractivity contribution in [2.45, 2.75) is 37.5 Å². The zero-order valence-electron chi connectivity index (χ0n) is 9.56. The molecule has 1 unspecified atom stereocenters. The largest absolute Gasteiger partial charge is 0.204 e. The van der Waals surface area contributed by atoms with Crippen LogP contribution in [-0.4, -0.2) is 5.38 Å². The van der Waals surface area contributed by atoms with Crippen molar-refractivity contribution in [3.63, 3.8) is 0 Å². The molecule has 0 heterocycles. The molecule has 0 nitrogen and oxygen atoms in total. The van der Waals surface area contributed by atoms with Crippen LogP contribution in [-0.2, 0) is 6.42 Å². The lowest BCUT2D eigenvalue weighted by molar-refractivity contribution is 0.507. The van der Waals surface area contributed by atoms with Gasteiger partial charge in [-0.1, -0.05) is 24.1 Å². The summed E-state index contributed by atoms with van der Waals surface area (Å²) in [6, 6.07) is 4.08. The van der Waals surface area contributed by atoms with Crippen LogP contribution >= 0.6 is 11.6 Å². The minimum Gasteiger partial charge on any atom is -0.204 e. The van der Waals surface area contributed by atoms with E-state index in [1.165, 1.54) is 17.7 Å². The van der Waals surface area contributed by atoms with E-state index < -0.39 is 11.6 Å². The fourth-order valence-corrected chi connectivity index (χ4v) is 2.51. The molecule has 2 rings (SSSR count).